The Morgan fingerprint density at radius 1 is 0.964 bits per heavy atom. The van der Waals surface area contributed by atoms with E-state index < -0.39 is 0 Å². The van der Waals surface area contributed by atoms with E-state index in [0.717, 1.165) is 30.2 Å². The summed E-state index contributed by atoms with van der Waals surface area (Å²) in [5.74, 6) is 0.954. The molecule has 2 aromatic heterocycles. The van der Waals surface area contributed by atoms with Crippen molar-refractivity contribution in [2.24, 2.45) is 0 Å². The van der Waals surface area contributed by atoms with Gasteiger partial charge in [-0.15, -0.1) is 0 Å². The lowest BCUT2D eigenvalue weighted by atomic mass is 10.2. The van der Waals surface area contributed by atoms with Crippen LogP contribution in [0.2, 0.25) is 0 Å². The molecule has 0 bridgehead atoms. The molecule has 0 saturated carbocycles. The summed E-state index contributed by atoms with van der Waals surface area (Å²) >= 11 is 0. The van der Waals surface area contributed by atoms with Gasteiger partial charge in [0.15, 0.2) is 0 Å². The Bertz CT molecular complexity index is 932. The van der Waals surface area contributed by atoms with Crippen LogP contribution in [0, 0.1) is 13.8 Å². The molecule has 5 heteroatoms. The lowest BCUT2D eigenvalue weighted by Gasteiger charge is -2.16. The van der Waals surface area contributed by atoms with E-state index >= 15 is 0 Å². The van der Waals surface area contributed by atoms with Crippen LogP contribution in [0.4, 0.5) is 5.82 Å². The van der Waals surface area contributed by atoms with Gasteiger partial charge >= 0.3 is 0 Å². The van der Waals surface area contributed by atoms with Crippen molar-refractivity contribution in [1.82, 2.24) is 14.9 Å². The molecule has 0 aliphatic carbocycles. The Hall–Kier alpha value is -3.08. The predicted octanol–water partition coefficient (Wildman–Crippen LogP) is 4.02. The molecule has 144 valence electrons. The van der Waals surface area contributed by atoms with Crippen molar-refractivity contribution in [1.29, 1.82) is 0 Å². The lowest BCUT2D eigenvalue weighted by molar-refractivity contribution is 0.0951. The van der Waals surface area contributed by atoms with Crippen LogP contribution in [0.15, 0.2) is 54.7 Å². The summed E-state index contributed by atoms with van der Waals surface area (Å²) < 4.78 is 2.18. The summed E-state index contributed by atoms with van der Waals surface area (Å²) in [4.78, 5) is 19.3. The fourth-order valence-electron chi connectivity index (χ4n) is 3.78. The zero-order chi connectivity index (χ0) is 19.5. The fourth-order valence-corrected chi connectivity index (χ4v) is 3.78. The van der Waals surface area contributed by atoms with E-state index in [9.17, 15) is 4.79 Å². The Morgan fingerprint density at radius 2 is 1.64 bits per heavy atom. The van der Waals surface area contributed by atoms with Gasteiger partial charge in [0.1, 0.15) is 5.82 Å². The fraction of sp³-hybridized carbons (Fsp3) is 0.304. The second-order valence-electron chi connectivity index (χ2n) is 7.40. The normalized spacial score (nSPS) is 13.7. The van der Waals surface area contributed by atoms with Gasteiger partial charge in [0.2, 0.25) is 0 Å². The zero-order valence-corrected chi connectivity index (χ0v) is 16.5. The topological polar surface area (TPSA) is 50.2 Å². The number of carbonyl (C=O) groups excluding carboxylic acids is 1. The molecule has 0 radical (unpaired) electrons. The summed E-state index contributed by atoms with van der Waals surface area (Å²) in [6.45, 7) is 6.80. The molecule has 0 spiro atoms. The zero-order valence-electron chi connectivity index (χ0n) is 16.5. The molecule has 3 aromatic rings. The molecule has 1 aromatic carbocycles. The first-order valence-electron chi connectivity index (χ1n) is 9.85. The Balaban J connectivity index is 1.37. The second-order valence-corrected chi connectivity index (χ2v) is 7.40. The number of amides is 1. The minimum Gasteiger partial charge on any atom is -0.357 e. The number of hydrogen-bond donors (Lipinski definition) is 1. The number of aryl methyl sites for hydroxylation is 2. The molecule has 28 heavy (non-hydrogen) atoms. The number of benzene rings is 1. The average Bonchev–Trinajstić information content (AvgIpc) is 3.37. The number of aromatic nitrogens is 2. The van der Waals surface area contributed by atoms with Crippen molar-refractivity contribution in [2.45, 2.75) is 33.2 Å². The highest BCUT2D eigenvalue weighted by atomic mass is 16.1. The molecule has 0 unspecified atom stereocenters. The van der Waals surface area contributed by atoms with Gasteiger partial charge in [-0.3, -0.25) is 4.79 Å². The summed E-state index contributed by atoms with van der Waals surface area (Å²) in [6.07, 6.45) is 4.33. The van der Waals surface area contributed by atoms with Gasteiger partial charge in [-0.2, -0.15) is 0 Å². The van der Waals surface area contributed by atoms with Gasteiger partial charge < -0.3 is 14.8 Å². The SMILES string of the molecule is Cc1ccc(C)n1-c1ccc(C(=O)NCc2ccc(N3CCCC3)nc2)cc1. The molecule has 1 saturated heterocycles. The minimum absolute atomic E-state index is 0.0730. The first-order valence-corrected chi connectivity index (χ1v) is 9.85. The molecule has 1 aliphatic heterocycles. The second kappa shape index (κ2) is 7.89. The van der Waals surface area contributed by atoms with Gasteiger partial charge in [-0.05, 0) is 74.7 Å². The van der Waals surface area contributed by atoms with Crippen molar-refractivity contribution in [3.8, 4) is 5.69 Å². The van der Waals surface area contributed by atoms with Crippen LogP contribution >= 0.6 is 0 Å². The van der Waals surface area contributed by atoms with Crippen molar-refractivity contribution < 1.29 is 4.79 Å². The van der Waals surface area contributed by atoms with E-state index in [1.54, 1.807) is 0 Å². The third-order valence-corrected chi connectivity index (χ3v) is 5.35. The van der Waals surface area contributed by atoms with Crippen molar-refractivity contribution in [2.75, 3.05) is 18.0 Å². The molecule has 1 fully saturated rings. The molecule has 5 nitrogen and oxygen atoms in total. The van der Waals surface area contributed by atoms with Crippen LogP contribution in [-0.4, -0.2) is 28.5 Å². The molecule has 1 N–H and O–H groups in total. The van der Waals surface area contributed by atoms with Gasteiger partial charge in [0.05, 0.1) is 0 Å². The van der Waals surface area contributed by atoms with Crippen LogP contribution in [0.5, 0.6) is 0 Å². The number of nitrogens with one attached hydrogen (secondary N) is 1. The monoisotopic (exact) mass is 374 g/mol. The highest BCUT2D eigenvalue weighted by molar-refractivity contribution is 5.94. The van der Waals surface area contributed by atoms with E-state index in [0.29, 0.717) is 12.1 Å². The molecular weight excluding hydrogens is 348 g/mol. The van der Waals surface area contributed by atoms with Gasteiger partial charge in [0.25, 0.3) is 5.91 Å². The maximum Gasteiger partial charge on any atom is 0.251 e. The number of carbonyl (C=O) groups is 1. The number of anilines is 1. The summed E-state index contributed by atoms with van der Waals surface area (Å²) in [6, 6.07) is 16.0. The van der Waals surface area contributed by atoms with Crippen LogP contribution in [0.1, 0.15) is 40.2 Å². The Morgan fingerprint density at radius 3 is 2.25 bits per heavy atom. The van der Waals surface area contributed by atoms with Crippen molar-refractivity contribution >= 4 is 11.7 Å². The van der Waals surface area contributed by atoms with E-state index in [2.05, 4.69) is 45.7 Å². The van der Waals surface area contributed by atoms with E-state index in [-0.39, 0.29) is 5.91 Å². The van der Waals surface area contributed by atoms with Gasteiger partial charge in [-0.25, -0.2) is 4.98 Å². The maximum absolute atomic E-state index is 12.5. The smallest absolute Gasteiger partial charge is 0.251 e. The van der Waals surface area contributed by atoms with E-state index in [1.165, 1.54) is 24.2 Å². The van der Waals surface area contributed by atoms with Crippen molar-refractivity contribution in [3.63, 3.8) is 0 Å². The van der Waals surface area contributed by atoms with Crippen LogP contribution in [0.3, 0.4) is 0 Å². The maximum atomic E-state index is 12.5. The average molecular weight is 374 g/mol. The first kappa shape index (κ1) is 18.3. The number of nitrogens with zero attached hydrogens (tertiary/aromatic N) is 3. The molecule has 1 aliphatic rings. The number of hydrogen-bond acceptors (Lipinski definition) is 3. The molecule has 4 rings (SSSR count). The standard InChI is InChI=1S/C23H26N4O/c1-17-5-6-18(2)27(17)21-10-8-20(9-11-21)23(28)25-16-19-7-12-22(24-15-19)26-13-3-4-14-26/h5-12,15H,3-4,13-14,16H2,1-2H3,(H,25,28). The van der Waals surface area contributed by atoms with Crippen LogP contribution < -0.4 is 10.2 Å². The Labute approximate surface area is 166 Å². The third-order valence-electron chi connectivity index (χ3n) is 5.35. The highest BCUT2D eigenvalue weighted by Crippen LogP contribution is 2.18. The number of pyridine rings is 1. The van der Waals surface area contributed by atoms with Gasteiger partial charge in [-0.1, -0.05) is 6.07 Å². The first-order chi connectivity index (χ1) is 13.6. The van der Waals surface area contributed by atoms with E-state index in [4.69, 9.17) is 0 Å². The summed E-state index contributed by atoms with van der Waals surface area (Å²) in [5, 5.41) is 2.98. The molecule has 3 heterocycles. The predicted molar refractivity (Wildman–Crippen MR) is 112 cm³/mol. The summed E-state index contributed by atoms with van der Waals surface area (Å²) in [7, 11) is 0. The van der Waals surface area contributed by atoms with Gasteiger partial charge in [0, 0.05) is 48.5 Å². The van der Waals surface area contributed by atoms with Crippen LogP contribution in [-0.2, 0) is 6.54 Å². The number of rotatable bonds is 5. The quantitative estimate of drug-likeness (QED) is 0.734. The summed E-state index contributed by atoms with van der Waals surface area (Å²) in [5.41, 5.74) is 5.09. The lowest BCUT2D eigenvalue weighted by Crippen LogP contribution is -2.23. The minimum atomic E-state index is -0.0730. The van der Waals surface area contributed by atoms with E-state index in [1.807, 2.05) is 42.6 Å². The third kappa shape index (κ3) is 3.79. The molecular formula is C23H26N4O. The largest absolute Gasteiger partial charge is 0.357 e. The molecule has 0 atom stereocenters. The Kier molecular flexibility index (Phi) is 5.15. The van der Waals surface area contributed by atoms with Crippen LogP contribution in [0.25, 0.3) is 5.69 Å². The van der Waals surface area contributed by atoms with Crippen molar-refractivity contribution in [3.05, 3.63) is 77.2 Å². The molecule has 1 amide bonds. The highest BCUT2D eigenvalue weighted by Gasteiger charge is 2.13.